The summed E-state index contributed by atoms with van der Waals surface area (Å²) in [6.45, 7) is 4.38. The van der Waals surface area contributed by atoms with Gasteiger partial charge >= 0.3 is 5.97 Å². The average Bonchev–Trinajstić information content (AvgIpc) is 2.38. The van der Waals surface area contributed by atoms with E-state index in [2.05, 4.69) is 31.0 Å². The summed E-state index contributed by atoms with van der Waals surface area (Å²) in [7, 11) is 0. The highest BCUT2D eigenvalue weighted by Gasteiger charge is 2.05. The summed E-state index contributed by atoms with van der Waals surface area (Å²) >= 11 is 0. The third-order valence-electron chi connectivity index (χ3n) is 2.89. The van der Waals surface area contributed by atoms with Gasteiger partial charge in [-0.05, 0) is 29.5 Å². The van der Waals surface area contributed by atoms with Crippen LogP contribution in [0.5, 0.6) is 0 Å². The van der Waals surface area contributed by atoms with Crippen LogP contribution in [0, 0.1) is 5.92 Å². The van der Waals surface area contributed by atoms with Crippen molar-refractivity contribution in [3.8, 4) is 11.1 Å². The number of benzene rings is 1. The fraction of sp³-hybridized carbons (Fsp3) is 0.250. The van der Waals surface area contributed by atoms with Crippen LogP contribution in [-0.2, 0) is 6.42 Å². The largest absolute Gasteiger partial charge is 0.477 e. The van der Waals surface area contributed by atoms with E-state index in [1.165, 1.54) is 11.6 Å². The van der Waals surface area contributed by atoms with Crippen LogP contribution >= 0.6 is 0 Å². The molecule has 1 aromatic carbocycles. The molecule has 0 spiro atoms. The van der Waals surface area contributed by atoms with Crippen LogP contribution in [0.15, 0.2) is 42.6 Å². The maximum absolute atomic E-state index is 10.8. The molecule has 3 heteroatoms. The van der Waals surface area contributed by atoms with Crippen molar-refractivity contribution >= 4 is 5.97 Å². The van der Waals surface area contributed by atoms with Crippen LogP contribution < -0.4 is 0 Å². The molecule has 1 N–H and O–H groups in total. The van der Waals surface area contributed by atoms with Gasteiger partial charge in [0.1, 0.15) is 5.69 Å². The summed E-state index contributed by atoms with van der Waals surface area (Å²) in [5, 5.41) is 8.83. The zero-order valence-corrected chi connectivity index (χ0v) is 11.1. The van der Waals surface area contributed by atoms with Crippen molar-refractivity contribution in [2.45, 2.75) is 20.3 Å². The van der Waals surface area contributed by atoms with Crippen LogP contribution in [0.3, 0.4) is 0 Å². The van der Waals surface area contributed by atoms with Crippen molar-refractivity contribution in [2.24, 2.45) is 5.92 Å². The van der Waals surface area contributed by atoms with Crippen LogP contribution in [-0.4, -0.2) is 16.1 Å². The van der Waals surface area contributed by atoms with Crippen LogP contribution in [0.25, 0.3) is 11.1 Å². The van der Waals surface area contributed by atoms with Crippen LogP contribution in [0.2, 0.25) is 0 Å². The van der Waals surface area contributed by atoms with Crippen molar-refractivity contribution in [1.82, 2.24) is 4.98 Å². The summed E-state index contributed by atoms with van der Waals surface area (Å²) in [5.41, 5.74) is 3.37. The van der Waals surface area contributed by atoms with Gasteiger partial charge in [-0.3, -0.25) is 0 Å². The van der Waals surface area contributed by atoms with Gasteiger partial charge in [-0.1, -0.05) is 44.2 Å². The van der Waals surface area contributed by atoms with Crippen molar-refractivity contribution in [1.29, 1.82) is 0 Å². The molecule has 0 saturated heterocycles. The first kappa shape index (κ1) is 13.3. The molecule has 0 bridgehead atoms. The number of hydrogen-bond acceptors (Lipinski definition) is 2. The number of pyridine rings is 1. The van der Waals surface area contributed by atoms with E-state index in [0.717, 1.165) is 17.5 Å². The van der Waals surface area contributed by atoms with E-state index in [1.54, 1.807) is 12.3 Å². The van der Waals surface area contributed by atoms with E-state index in [9.17, 15) is 4.79 Å². The molecule has 0 amide bonds. The first-order valence-electron chi connectivity index (χ1n) is 6.35. The number of nitrogens with zero attached hydrogens (tertiary/aromatic N) is 1. The molecule has 0 atom stereocenters. The predicted octanol–water partition coefficient (Wildman–Crippen LogP) is 3.65. The van der Waals surface area contributed by atoms with Gasteiger partial charge in [0, 0.05) is 11.8 Å². The second-order valence-electron chi connectivity index (χ2n) is 5.04. The quantitative estimate of drug-likeness (QED) is 0.907. The van der Waals surface area contributed by atoms with Gasteiger partial charge in [0.25, 0.3) is 0 Å². The second kappa shape index (κ2) is 5.65. The zero-order chi connectivity index (χ0) is 13.8. The fourth-order valence-electron chi connectivity index (χ4n) is 2.04. The van der Waals surface area contributed by atoms with Crippen molar-refractivity contribution in [3.63, 3.8) is 0 Å². The molecule has 0 fully saturated rings. The third kappa shape index (κ3) is 3.41. The first-order chi connectivity index (χ1) is 9.06. The highest BCUT2D eigenvalue weighted by atomic mass is 16.4. The molecule has 1 aromatic heterocycles. The molecule has 0 radical (unpaired) electrons. The van der Waals surface area contributed by atoms with Gasteiger partial charge in [0.05, 0.1) is 0 Å². The van der Waals surface area contributed by atoms with E-state index >= 15 is 0 Å². The second-order valence-corrected chi connectivity index (χ2v) is 5.04. The Hall–Kier alpha value is -2.16. The Kier molecular flexibility index (Phi) is 3.95. The van der Waals surface area contributed by atoms with Gasteiger partial charge in [-0.2, -0.15) is 0 Å². The number of rotatable bonds is 4. The lowest BCUT2D eigenvalue weighted by Crippen LogP contribution is -1.99. The standard InChI is InChI=1S/C16H17NO2/c1-11(2)8-12-4-3-5-13(9-12)14-6-7-15(16(18)19)17-10-14/h3-7,9-11H,8H2,1-2H3,(H,18,19). The Balaban J connectivity index is 2.28. The first-order valence-corrected chi connectivity index (χ1v) is 6.35. The van der Waals surface area contributed by atoms with Crippen LogP contribution in [0.1, 0.15) is 29.9 Å². The van der Waals surface area contributed by atoms with Gasteiger partial charge in [-0.15, -0.1) is 0 Å². The van der Waals surface area contributed by atoms with E-state index in [-0.39, 0.29) is 5.69 Å². The highest BCUT2D eigenvalue weighted by Crippen LogP contribution is 2.21. The molecular weight excluding hydrogens is 238 g/mol. The summed E-state index contributed by atoms with van der Waals surface area (Å²) in [6, 6.07) is 11.6. The van der Waals surface area contributed by atoms with Crippen molar-refractivity contribution in [3.05, 3.63) is 53.9 Å². The molecule has 98 valence electrons. The molecule has 2 rings (SSSR count). The SMILES string of the molecule is CC(C)Cc1cccc(-c2ccc(C(=O)O)nc2)c1. The maximum atomic E-state index is 10.8. The fourth-order valence-corrected chi connectivity index (χ4v) is 2.04. The summed E-state index contributed by atoms with van der Waals surface area (Å²) in [5.74, 6) is -0.386. The van der Waals surface area contributed by atoms with Crippen LogP contribution in [0.4, 0.5) is 0 Å². The minimum Gasteiger partial charge on any atom is -0.477 e. The Bertz CT molecular complexity index is 574. The number of aromatic nitrogens is 1. The number of carbonyl (C=O) groups is 1. The zero-order valence-electron chi connectivity index (χ0n) is 11.1. The Morgan fingerprint density at radius 1 is 1.21 bits per heavy atom. The lowest BCUT2D eigenvalue weighted by molar-refractivity contribution is 0.0690. The minimum atomic E-state index is -1.000. The van der Waals surface area contributed by atoms with Crippen molar-refractivity contribution in [2.75, 3.05) is 0 Å². The predicted molar refractivity (Wildman–Crippen MR) is 75.2 cm³/mol. The maximum Gasteiger partial charge on any atom is 0.354 e. The van der Waals surface area contributed by atoms with Crippen molar-refractivity contribution < 1.29 is 9.90 Å². The van der Waals surface area contributed by atoms with Gasteiger partial charge in [0.15, 0.2) is 0 Å². The Labute approximate surface area is 112 Å². The Morgan fingerprint density at radius 3 is 2.58 bits per heavy atom. The minimum absolute atomic E-state index is 0.0714. The third-order valence-corrected chi connectivity index (χ3v) is 2.89. The summed E-state index contributed by atoms with van der Waals surface area (Å²) in [6.07, 6.45) is 2.65. The molecule has 0 saturated carbocycles. The topological polar surface area (TPSA) is 50.2 Å². The van der Waals surface area contributed by atoms with E-state index in [0.29, 0.717) is 5.92 Å². The molecule has 19 heavy (non-hydrogen) atoms. The Morgan fingerprint density at radius 2 is 2.00 bits per heavy atom. The molecule has 0 aliphatic carbocycles. The molecule has 1 heterocycles. The molecule has 0 unspecified atom stereocenters. The number of aromatic carboxylic acids is 1. The highest BCUT2D eigenvalue weighted by molar-refractivity contribution is 5.85. The number of carboxylic acid groups (broad SMARTS) is 1. The molecule has 0 aliphatic rings. The van der Waals surface area contributed by atoms with Gasteiger partial charge in [0.2, 0.25) is 0 Å². The van der Waals surface area contributed by atoms with E-state index in [1.807, 2.05) is 12.1 Å². The lowest BCUT2D eigenvalue weighted by atomic mass is 9.98. The van der Waals surface area contributed by atoms with E-state index < -0.39 is 5.97 Å². The van der Waals surface area contributed by atoms with E-state index in [4.69, 9.17) is 5.11 Å². The summed E-state index contributed by atoms with van der Waals surface area (Å²) in [4.78, 5) is 14.7. The molecular formula is C16H17NO2. The van der Waals surface area contributed by atoms with Gasteiger partial charge < -0.3 is 5.11 Å². The average molecular weight is 255 g/mol. The molecule has 0 aliphatic heterocycles. The molecule has 3 nitrogen and oxygen atoms in total. The normalized spacial score (nSPS) is 10.7. The van der Waals surface area contributed by atoms with Gasteiger partial charge in [-0.25, -0.2) is 9.78 Å². The lowest BCUT2D eigenvalue weighted by Gasteiger charge is -2.07. The smallest absolute Gasteiger partial charge is 0.354 e. The summed E-state index contributed by atoms with van der Waals surface area (Å²) < 4.78 is 0. The monoisotopic (exact) mass is 255 g/mol. The number of carboxylic acids is 1. The molecule has 2 aromatic rings. The number of hydrogen-bond donors (Lipinski definition) is 1.